The second-order valence-corrected chi connectivity index (χ2v) is 9.99. The number of hydrogen-bond acceptors (Lipinski definition) is 6. The standard InChI is InChI=1S/C25H30Cl2N6O2/c1-32-24(34)11-10-23(31-32)33-14-19(22-9-8-18(27)13-30-22)20(15-33)25(35)29-12-2-3-21(28)16-4-6-17(26)7-5-16/h4,6-11,13,16,19-21H,2-3,5,12,14-15,28H2,1H3,(H,29,35)/t16?,19-,20?,21+/m1/s1. The second kappa shape index (κ2) is 11.4. The number of aryl methyl sites for hydroxylation is 1. The molecule has 2 aromatic heterocycles. The zero-order chi connectivity index (χ0) is 24.9. The Morgan fingerprint density at radius 3 is 2.77 bits per heavy atom. The molecule has 0 radical (unpaired) electrons. The van der Waals surface area contributed by atoms with Gasteiger partial charge in [0.1, 0.15) is 5.82 Å². The Morgan fingerprint density at radius 1 is 1.26 bits per heavy atom. The molecule has 0 saturated carbocycles. The second-order valence-electron chi connectivity index (χ2n) is 9.12. The van der Waals surface area contributed by atoms with Crippen LogP contribution in [0.1, 0.15) is 30.9 Å². The first-order chi connectivity index (χ1) is 16.8. The topological polar surface area (TPSA) is 106 Å². The first kappa shape index (κ1) is 25.4. The van der Waals surface area contributed by atoms with Crippen LogP contribution >= 0.6 is 23.2 Å². The summed E-state index contributed by atoms with van der Waals surface area (Å²) in [5.41, 5.74) is 6.98. The zero-order valence-corrected chi connectivity index (χ0v) is 21.1. The van der Waals surface area contributed by atoms with Crippen molar-refractivity contribution >= 4 is 34.9 Å². The molecule has 186 valence electrons. The Labute approximate surface area is 214 Å². The fourth-order valence-corrected chi connectivity index (χ4v) is 4.92. The summed E-state index contributed by atoms with van der Waals surface area (Å²) < 4.78 is 1.30. The molecule has 1 aliphatic carbocycles. The minimum absolute atomic E-state index is 0.0213. The number of halogens is 2. The van der Waals surface area contributed by atoms with E-state index in [4.69, 9.17) is 28.9 Å². The number of anilines is 1. The molecule has 1 fully saturated rings. The minimum atomic E-state index is -0.315. The number of carbonyl (C=O) groups excluding carboxylic acids is 1. The molecule has 10 heteroatoms. The van der Waals surface area contributed by atoms with Gasteiger partial charge in [-0.2, -0.15) is 5.10 Å². The summed E-state index contributed by atoms with van der Waals surface area (Å²) in [6.07, 6.45) is 9.99. The van der Waals surface area contributed by atoms with Crippen molar-refractivity contribution in [3.8, 4) is 0 Å². The number of carbonyl (C=O) groups is 1. The molecule has 0 spiro atoms. The van der Waals surface area contributed by atoms with Crippen LogP contribution in [0.4, 0.5) is 5.82 Å². The molecule has 2 aromatic rings. The first-order valence-corrected chi connectivity index (χ1v) is 12.6. The largest absolute Gasteiger partial charge is 0.356 e. The van der Waals surface area contributed by atoms with E-state index in [-0.39, 0.29) is 35.3 Å². The number of pyridine rings is 1. The fourth-order valence-electron chi connectivity index (χ4n) is 4.64. The number of aromatic nitrogens is 3. The van der Waals surface area contributed by atoms with Gasteiger partial charge in [-0.05, 0) is 49.5 Å². The van der Waals surface area contributed by atoms with Crippen molar-refractivity contribution in [1.29, 1.82) is 0 Å². The van der Waals surface area contributed by atoms with Gasteiger partial charge in [-0.1, -0.05) is 35.4 Å². The van der Waals surface area contributed by atoms with E-state index in [1.165, 1.54) is 10.7 Å². The Kier molecular flexibility index (Phi) is 8.26. The minimum Gasteiger partial charge on any atom is -0.356 e. The van der Waals surface area contributed by atoms with Gasteiger partial charge in [-0.3, -0.25) is 14.6 Å². The van der Waals surface area contributed by atoms with Crippen LogP contribution in [0.25, 0.3) is 0 Å². The third-order valence-electron chi connectivity index (χ3n) is 6.71. The van der Waals surface area contributed by atoms with Gasteiger partial charge in [0.25, 0.3) is 5.56 Å². The fraction of sp³-hybridized carbons (Fsp3) is 0.440. The Morgan fingerprint density at radius 2 is 2.09 bits per heavy atom. The van der Waals surface area contributed by atoms with E-state index in [0.29, 0.717) is 30.5 Å². The van der Waals surface area contributed by atoms with Crippen molar-refractivity contribution in [2.24, 2.45) is 24.6 Å². The van der Waals surface area contributed by atoms with E-state index in [9.17, 15) is 9.59 Å². The van der Waals surface area contributed by atoms with Crippen LogP contribution in [0.5, 0.6) is 0 Å². The number of rotatable bonds is 8. The van der Waals surface area contributed by atoms with Gasteiger partial charge in [0.2, 0.25) is 5.91 Å². The number of nitrogens with zero attached hydrogens (tertiary/aromatic N) is 4. The van der Waals surface area contributed by atoms with Crippen LogP contribution < -0.4 is 21.5 Å². The molecule has 2 aliphatic rings. The normalized spacial score (nSPS) is 22.7. The van der Waals surface area contributed by atoms with Gasteiger partial charge >= 0.3 is 0 Å². The highest BCUT2D eigenvalue weighted by atomic mass is 35.5. The Hall–Kier alpha value is -2.68. The number of hydrogen-bond donors (Lipinski definition) is 2. The number of nitrogens with one attached hydrogen (secondary N) is 1. The molecule has 35 heavy (non-hydrogen) atoms. The number of amides is 1. The monoisotopic (exact) mass is 516 g/mol. The average Bonchev–Trinajstić information content (AvgIpc) is 3.30. The Bertz CT molecular complexity index is 1160. The molecule has 8 nitrogen and oxygen atoms in total. The van der Waals surface area contributed by atoms with Crippen LogP contribution in [0.2, 0.25) is 5.02 Å². The highest BCUT2D eigenvalue weighted by Gasteiger charge is 2.40. The summed E-state index contributed by atoms with van der Waals surface area (Å²) in [5.74, 6) is 0.454. The number of nitrogens with two attached hydrogens (primary N) is 1. The molecule has 4 rings (SSSR count). The maximum Gasteiger partial charge on any atom is 0.266 e. The van der Waals surface area contributed by atoms with E-state index in [1.54, 1.807) is 25.4 Å². The van der Waals surface area contributed by atoms with Crippen LogP contribution in [-0.2, 0) is 11.8 Å². The summed E-state index contributed by atoms with van der Waals surface area (Å²) >= 11 is 12.0. The van der Waals surface area contributed by atoms with Crippen molar-refractivity contribution in [1.82, 2.24) is 20.1 Å². The van der Waals surface area contributed by atoms with E-state index in [1.807, 2.05) is 23.1 Å². The molecule has 1 aliphatic heterocycles. The van der Waals surface area contributed by atoms with Crippen molar-refractivity contribution in [3.63, 3.8) is 0 Å². The summed E-state index contributed by atoms with van der Waals surface area (Å²) in [6.45, 7) is 1.59. The lowest BCUT2D eigenvalue weighted by atomic mass is 9.90. The molecular formula is C25H30Cl2N6O2. The smallest absolute Gasteiger partial charge is 0.266 e. The molecule has 1 amide bonds. The van der Waals surface area contributed by atoms with E-state index in [0.717, 1.165) is 30.0 Å². The van der Waals surface area contributed by atoms with Gasteiger partial charge in [0.05, 0.1) is 10.9 Å². The maximum atomic E-state index is 13.2. The molecule has 0 bridgehead atoms. The van der Waals surface area contributed by atoms with Gasteiger partial charge in [0.15, 0.2) is 0 Å². The van der Waals surface area contributed by atoms with Crippen molar-refractivity contribution in [2.75, 3.05) is 24.5 Å². The van der Waals surface area contributed by atoms with Gasteiger partial charge < -0.3 is 16.0 Å². The molecule has 4 atom stereocenters. The highest BCUT2D eigenvalue weighted by molar-refractivity contribution is 6.31. The van der Waals surface area contributed by atoms with Crippen molar-refractivity contribution in [3.05, 3.63) is 74.8 Å². The Balaban J connectivity index is 1.38. The quantitative estimate of drug-likeness (QED) is 0.522. The molecule has 3 N–H and O–H groups in total. The molecule has 3 heterocycles. The van der Waals surface area contributed by atoms with E-state index >= 15 is 0 Å². The lowest BCUT2D eigenvalue weighted by Crippen LogP contribution is -2.36. The highest BCUT2D eigenvalue weighted by Crippen LogP contribution is 2.34. The third kappa shape index (κ3) is 6.31. The van der Waals surface area contributed by atoms with Gasteiger partial charge in [0, 0.05) is 61.6 Å². The summed E-state index contributed by atoms with van der Waals surface area (Å²) in [4.78, 5) is 31.5. The van der Waals surface area contributed by atoms with Crippen molar-refractivity contribution in [2.45, 2.75) is 31.2 Å². The lowest BCUT2D eigenvalue weighted by molar-refractivity contribution is -0.124. The molecule has 0 aromatic carbocycles. The molecule has 1 saturated heterocycles. The maximum absolute atomic E-state index is 13.2. The average molecular weight is 517 g/mol. The van der Waals surface area contributed by atoms with Crippen LogP contribution in [0.3, 0.4) is 0 Å². The van der Waals surface area contributed by atoms with E-state index < -0.39 is 0 Å². The third-order valence-corrected chi connectivity index (χ3v) is 7.21. The summed E-state index contributed by atoms with van der Waals surface area (Å²) in [6, 6.07) is 6.85. The SMILES string of the molecule is Cn1nc(N2CC(C(=O)NCCC[C@H](N)C3C=CC(Cl)=CC3)[C@H](c3ccc(Cl)cn3)C2)ccc1=O. The predicted molar refractivity (Wildman–Crippen MR) is 139 cm³/mol. The van der Waals surface area contributed by atoms with Crippen LogP contribution in [0, 0.1) is 11.8 Å². The molecule has 2 unspecified atom stereocenters. The molecular weight excluding hydrogens is 487 g/mol. The lowest BCUT2D eigenvalue weighted by Gasteiger charge is -2.22. The van der Waals surface area contributed by atoms with Crippen LogP contribution in [-0.4, -0.2) is 46.3 Å². The number of allylic oxidation sites excluding steroid dienone is 3. The zero-order valence-electron chi connectivity index (χ0n) is 19.6. The summed E-state index contributed by atoms with van der Waals surface area (Å²) in [7, 11) is 1.61. The summed E-state index contributed by atoms with van der Waals surface area (Å²) in [5, 5.41) is 8.75. The van der Waals surface area contributed by atoms with Crippen LogP contribution in [0.15, 0.2) is 58.5 Å². The van der Waals surface area contributed by atoms with Gasteiger partial charge in [-0.25, -0.2) is 4.68 Å². The first-order valence-electron chi connectivity index (χ1n) is 11.8. The van der Waals surface area contributed by atoms with Gasteiger partial charge in [-0.15, -0.1) is 0 Å². The predicted octanol–water partition coefficient (Wildman–Crippen LogP) is 2.97. The van der Waals surface area contributed by atoms with E-state index in [2.05, 4.69) is 21.5 Å². The van der Waals surface area contributed by atoms with Crippen molar-refractivity contribution < 1.29 is 4.79 Å².